The van der Waals surface area contributed by atoms with Crippen LogP contribution in [0.2, 0.25) is 0 Å². The fourth-order valence-electron chi connectivity index (χ4n) is 2.07. The van der Waals surface area contributed by atoms with Crippen LogP contribution in [0.5, 0.6) is 5.75 Å². The van der Waals surface area contributed by atoms with E-state index in [4.69, 9.17) is 15.0 Å². The van der Waals surface area contributed by atoms with Crippen molar-refractivity contribution in [3.8, 4) is 5.75 Å². The predicted octanol–water partition coefficient (Wildman–Crippen LogP) is 2.50. The number of nitrogens with two attached hydrogens (primary N) is 1. The second-order valence-electron chi connectivity index (χ2n) is 6.19. The van der Waals surface area contributed by atoms with Crippen molar-refractivity contribution < 1.29 is 18.8 Å². The maximum absolute atomic E-state index is 13.4. The third-order valence-electron chi connectivity index (χ3n) is 4.15. The van der Waals surface area contributed by atoms with Crippen LogP contribution in [0.3, 0.4) is 0 Å². The number of benzene rings is 1. The highest BCUT2D eigenvalue weighted by Gasteiger charge is 2.52. The molecule has 114 valence electrons. The first-order chi connectivity index (χ1) is 9.68. The summed E-state index contributed by atoms with van der Waals surface area (Å²) in [7, 11) is -0.609. The molecular formula is C15H21BFNO3. The van der Waals surface area contributed by atoms with Gasteiger partial charge in [-0.15, -0.1) is 0 Å². The van der Waals surface area contributed by atoms with Crippen molar-refractivity contribution in [1.82, 2.24) is 0 Å². The summed E-state index contributed by atoms with van der Waals surface area (Å²) >= 11 is 0. The van der Waals surface area contributed by atoms with Gasteiger partial charge in [0.1, 0.15) is 0 Å². The summed E-state index contributed by atoms with van der Waals surface area (Å²) in [6, 6.07) is 4.34. The lowest BCUT2D eigenvalue weighted by atomic mass is 9.77. The lowest BCUT2D eigenvalue weighted by molar-refractivity contribution is 0.00578. The average Bonchev–Trinajstić information content (AvgIpc) is 2.60. The van der Waals surface area contributed by atoms with E-state index in [2.05, 4.69) is 0 Å². The minimum Gasteiger partial charge on any atom is -0.504 e. The Kier molecular flexibility index (Phi) is 4.15. The third kappa shape index (κ3) is 2.97. The Hall–Kier alpha value is -1.37. The first-order valence-corrected chi connectivity index (χ1v) is 6.91. The second-order valence-corrected chi connectivity index (χ2v) is 6.19. The number of para-hydroxylation sites is 1. The molecule has 21 heavy (non-hydrogen) atoms. The van der Waals surface area contributed by atoms with E-state index in [1.807, 2.05) is 27.7 Å². The Morgan fingerprint density at radius 1 is 1.29 bits per heavy atom. The maximum atomic E-state index is 13.4. The fraction of sp³-hybridized carbons (Fsp3) is 0.467. The molecule has 0 amide bonds. The normalized spacial score (nSPS) is 20.9. The highest BCUT2D eigenvalue weighted by atomic mass is 19.1. The van der Waals surface area contributed by atoms with Crippen LogP contribution < -0.4 is 5.73 Å². The van der Waals surface area contributed by atoms with Gasteiger partial charge in [0, 0.05) is 12.1 Å². The number of phenolic OH excluding ortho intramolecular Hbond substituents is 1. The molecule has 1 aliphatic heterocycles. The minimum atomic E-state index is -0.672. The largest absolute Gasteiger partial charge is 0.504 e. The molecule has 0 aliphatic carbocycles. The van der Waals surface area contributed by atoms with E-state index in [0.29, 0.717) is 11.0 Å². The number of aromatic hydroxyl groups is 1. The highest BCUT2D eigenvalue weighted by Crippen LogP contribution is 2.39. The summed E-state index contributed by atoms with van der Waals surface area (Å²) < 4.78 is 25.2. The maximum Gasteiger partial charge on any atom is 0.491 e. The standard InChI is InChI=1S/C15H21BFNO3/c1-14(2)15(3,4)21-16(20-14)11(9-18)8-10-6-5-7-12(17)13(10)19/h5-8,19H,9,18H2,1-4H3. The molecule has 0 radical (unpaired) electrons. The van der Waals surface area contributed by atoms with E-state index >= 15 is 0 Å². The van der Waals surface area contributed by atoms with Crippen LogP contribution in [0, 0.1) is 5.82 Å². The van der Waals surface area contributed by atoms with Crippen LogP contribution in [0.25, 0.3) is 6.08 Å². The van der Waals surface area contributed by atoms with Gasteiger partial charge < -0.3 is 20.1 Å². The van der Waals surface area contributed by atoms with Gasteiger partial charge >= 0.3 is 7.12 Å². The van der Waals surface area contributed by atoms with E-state index in [1.165, 1.54) is 12.1 Å². The zero-order valence-electron chi connectivity index (χ0n) is 12.8. The zero-order chi connectivity index (χ0) is 15.8. The Labute approximate surface area is 124 Å². The molecular weight excluding hydrogens is 272 g/mol. The van der Waals surface area contributed by atoms with Crippen LogP contribution in [-0.2, 0) is 9.31 Å². The summed E-state index contributed by atoms with van der Waals surface area (Å²) in [5, 5.41) is 9.75. The summed E-state index contributed by atoms with van der Waals surface area (Å²) in [6.45, 7) is 7.97. The van der Waals surface area contributed by atoms with Gasteiger partial charge in [-0.2, -0.15) is 0 Å². The average molecular weight is 293 g/mol. The summed E-state index contributed by atoms with van der Waals surface area (Å²) in [6.07, 6.45) is 1.61. The summed E-state index contributed by atoms with van der Waals surface area (Å²) in [5.41, 5.74) is 5.81. The van der Waals surface area contributed by atoms with Gasteiger partial charge in [0.25, 0.3) is 0 Å². The van der Waals surface area contributed by atoms with Gasteiger partial charge in [-0.1, -0.05) is 18.2 Å². The van der Waals surface area contributed by atoms with E-state index in [9.17, 15) is 9.50 Å². The second kappa shape index (κ2) is 5.44. The summed E-state index contributed by atoms with van der Waals surface area (Å²) in [4.78, 5) is 0. The van der Waals surface area contributed by atoms with Gasteiger partial charge in [-0.05, 0) is 39.2 Å². The molecule has 0 aromatic heterocycles. The molecule has 0 bridgehead atoms. The molecule has 4 nitrogen and oxygen atoms in total. The summed E-state index contributed by atoms with van der Waals surface area (Å²) in [5.74, 6) is -1.07. The number of rotatable bonds is 3. The molecule has 0 spiro atoms. The first-order valence-electron chi connectivity index (χ1n) is 6.91. The van der Waals surface area contributed by atoms with Crippen LogP contribution >= 0.6 is 0 Å². The van der Waals surface area contributed by atoms with Crippen molar-refractivity contribution in [2.24, 2.45) is 5.73 Å². The third-order valence-corrected chi connectivity index (χ3v) is 4.15. The molecule has 6 heteroatoms. The fourth-order valence-corrected chi connectivity index (χ4v) is 2.07. The first kappa shape index (κ1) is 16.0. The predicted molar refractivity (Wildman–Crippen MR) is 81.2 cm³/mol. The van der Waals surface area contributed by atoms with Crippen LogP contribution in [0.4, 0.5) is 4.39 Å². The molecule has 2 rings (SSSR count). The van der Waals surface area contributed by atoms with E-state index in [-0.39, 0.29) is 6.54 Å². The van der Waals surface area contributed by atoms with Crippen LogP contribution in [0.15, 0.2) is 23.7 Å². The van der Waals surface area contributed by atoms with Crippen molar-refractivity contribution in [2.45, 2.75) is 38.9 Å². The van der Waals surface area contributed by atoms with Crippen LogP contribution in [-0.4, -0.2) is 30.0 Å². The monoisotopic (exact) mass is 293 g/mol. The minimum absolute atomic E-state index is 0.187. The number of hydrogen-bond acceptors (Lipinski definition) is 4. The quantitative estimate of drug-likeness (QED) is 0.840. The van der Waals surface area contributed by atoms with Crippen molar-refractivity contribution in [3.63, 3.8) is 0 Å². The van der Waals surface area contributed by atoms with Crippen molar-refractivity contribution >= 4 is 13.2 Å². The molecule has 0 atom stereocenters. The number of phenols is 1. The zero-order valence-corrected chi connectivity index (χ0v) is 12.8. The molecule has 0 unspecified atom stereocenters. The number of halogens is 1. The molecule has 1 aromatic rings. The Morgan fingerprint density at radius 3 is 2.38 bits per heavy atom. The molecule has 1 saturated heterocycles. The molecule has 3 N–H and O–H groups in total. The van der Waals surface area contributed by atoms with Gasteiger partial charge in [0.2, 0.25) is 0 Å². The molecule has 0 saturated carbocycles. The lowest BCUT2D eigenvalue weighted by Crippen LogP contribution is -2.41. The Morgan fingerprint density at radius 2 is 1.86 bits per heavy atom. The Balaban J connectivity index is 2.33. The smallest absolute Gasteiger partial charge is 0.491 e. The molecule has 1 fully saturated rings. The van der Waals surface area contributed by atoms with Crippen molar-refractivity contribution in [3.05, 3.63) is 35.1 Å². The van der Waals surface area contributed by atoms with E-state index in [1.54, 1.807) is 12.1 Å². The van der Waals surface area contributed by atoms with Gasteiger partial charge in [0.15, 0.2) is 11.6 Å². The molecule has 1 aliphatic rings. The van der Waals surface area contributed by atoms with Crippen LogP contribution in [0.1, 0.15) is 33.3 Å². The SMILES string of the molecule is CC1(C)OB(C(=Cc2cccc(F)c2O)CN)OC1(C)C. The van der Waals surface area contributed by atoms with E-state index in [0.717, 1.165) is 0 Å². The topological polar surface area (TPSA) is 64.7 Å². The lowest BCUT2D eigenvalue weighted by Gasteiger charge is -2.32. The molecule has 1 heterocycles. The van der Waals surface area contributed by atoms with Crippen molar-refractivity contribution in [1.29, 1.82) is 0 Å². The van der Waals surface area contributed by atoms with Gasteiger partial charge in [-0.25, -0.2) is 4.39 Å². The van der Waals surface area contributed by atoms with Crippen molar-refractivity contribution in [2.75, 3.05) is 6.54 Å². The molecule has 1 aromatic carbocycles. The number of hydrogen-bond donors (Lipinski definition) is 2. The highest BCUT2D eigenvalue weighted by molar-refractivity contribution is 6.55. The van der Waals surface area contributed by atoms with Gasteiger partial charge in [-0.3, -0.25) is 0 Å². The Bertz CT molecular complexity index is 556. The van der Waals surface area contributed by atoms with E-state index < -0.39 is 29.9 Å². The van der Waals surface area contributed by atoms with Gasteiger partial charge in [0.05, 0.1) is 11.2 Å².